The third-order valence-electron chi connectivity index (χ3n) is 3.16. The molecule has 0 aliphatic heterocycles. The normalized spacial score (nSPS) is 10.3. The summed E-state index contributed by atoms with van der Waals surface area (Å²) in [7, 11) is 0. The van der Waals surface area contributed by atoms with Gasteiger partial charge in [0.1, 0.15) is 0 Å². The largest absolute Gasteiger partial charge is 0.478 e. The molecule has 0 saturated carbocycles. The van der Waals surface area contributed by atoms with Gasteiger partial charge in [-0.1, -0.05) is 29.8 Å². The molecule has 116 valence electrons. The molecule has 1 aromatic carbocycles. The van der Waals surface area contributed by atoms with Crippen molar-refractivity contribution in [3.8, 4) is 5.88 Å². The van der Waals surface area contributed by atoms with Gasteiger partial charge in [-0.05, 0) is 37.1 Å². The molecule has 1 aromatic heterocycles. The molecule has 0 aliphatic carbocycles. The molecule has 0 spiro atoms. The number of hydrogen-bond donors (Lipinski definition) is 1. The van der Waals surface area contributed by atoms with Gasteiger partial charge in [-0.25, -0.2) is 4.98 Å². The molecule has 0 saturated heterocycles. The Morgan fingerprint density at radius 1 is 1.27 bits per heavy atom. The van der Waals surface area contributed by atoms with E-state index in [0.29, 0.717) is 36.9 Å². The summed E-state index contributed by atoms with van der Waals surface area (Å²) in [6.07, 6.45) is 2.80. The van der Waals surface area contributed by atoms with Crippen LogP contribution in [0.1, 0.15) is 24.5 Å². The molecule has 2 rings (SSSR count). The molecule has 0 bridgehead atoms. The molecule has 2 aromatic rings. The van der Waals surface area contributed by atoms with Gasteiger partial charge in [-0.2, -0.15) is 0 Å². The second-order valence-electron chi connectivity index (χ2n) is 4.80. The standard InChI is InChI=1S/C17H19ClN2O2/c1-2-22-17-14(4-3-11-19-17)12-20-16(21)10-7-13-5-8-15(18)9-6-13/h3-6,8-9,11H,2,7,10,12H2,1H3,(H,20,21). The smallest absolute Gasteiger partial charge is 0.220 e. The lowest BCUT2D eigenvalue weighted by Gasteiger charge is -2.09. The molecule has 0 radical (unpaired) electrons. The van der Waals surface area contributed by atoms with Crippen molar-refractivity contribution in [2.45, 2.75) is 26.3 Å². The van der Waals surface area contributed by atoms with E-state index in [1.54, 1.807) is 6.20 Å². The van der Waals surface area contributed by atoms with Crippen LogP contribution in [0, 0.1) is 0 Å². The Balaban J connectivity index is 1.81. The first-order chi connectivity index (χ1) is 10.7. The van der Waals surface area contributed by atoms with Crippen LogP contribution >= 0.6 is 11.6 Å². The van der Waals surface area contributed by atoms with Crippen LogP contribution in [0.5, 0.6) is 5.88 Å². The Morgan fingerprint density at radius 3 is 2.77 bits per heavy atom. The van der Waals surface area contributed by atoms with Crippen molar-refractivity contribution in [2.24, 2.45) is 0 Å². The highest BCUT2D eigenvalue weighted by molar-refractivity contribution is 6.30. The van der Waals surface area contributed by atoms with Gasteiger partial charge in [0.05, 0.1) is 6.61 Å². The lowest BCUT2D eigenvalue weighted by Crippen LogP contribution is -2.23. The van der Waals surface area contributed by atoms with E-state index in [9.17, 15) is 4.79 Å². The molecule has 0 fully saturated rings. The van der Waals surface area contributed by atoms with E-state index in [2.05, 4.69) is 10.3 Å². The summed E-state index contributed by atoms with van der Waals surface area (Å²) in [5, 5.41) is 3.60. The van der Waals surface area contributed by atoms with Crippen molar-refractivity contribution in [2.75, 3.05) is 6.61 Å². The van der Waals surface area contributed by atoms with Crippen LogP contribution in [-0.2, 0) is 17.8 Å². The molecule has 1 N–H and O–H groups in total. The lowest BCUT2D eigenvalue weighted by atomic mass is 10.1. The number of aryl methyl sites for hydroxylation is 1. The van der Waals surface area contributed by atoms with Crippen LogP contribution in [0.3, 0.4) is 0 Å². The van der Waals surface area contributed by atoms with Crippen LogP contribution < -0.4 is 10.1 Å². The molecule has 1 heterocycles. The highest BCUT2D eigenvalue weighted by Crippen LogP contribution is 2.14. The molecular formula is C17H19ClN2O2. The molecule has 5 heteroatoms. The van der Waals surface area contributed by atoms with Crippen molar-refractivity contribution in [1.82, 2.24) is 10.3 Å². The van der Waals surface area contributed by atoms with E-state index in [4.69, 9.17) is 16.3 Å². The Morgan fingerprint density at radius 2 is 2.05 bits per heavy atom. The highest BCUT2D eigenvalue weighted by Gasteiger charge is 2.07. The number of nitrogens with zero attached hydrogens (tertiary/aromatic N) is 1. The predicted molar refractivity (Wildman–Crippen MR) is 87.0 cm³/mol. The van der Waals surface area contributed by atoms with E-state index in [1.165, 1.54) is 0 Å². The first-order valence-electron chi connectivity index (χ1n) is 7.27. The minimum Gasteiger partial charge on any atom is -0.478 e. The summed E-state index contributed by atoms with van der Waals surface area (Å²) in [6.45, 7) is 2.88. The fraction of sp³-hybridized carbons (Fsp3) is 0.294. The van der Waals surface area contributed by atoms with Gasteiger partial charge in [-0.3, -0.25) is 4.79 Å². The average molecular weight is 319 g/mol. The molecule has 0 unspecified atom stereocenters. The van der Waals surface area contributed by atoms with Crippen molar-refractivity contribution in [3.05, 3.63) is 58.7 Å². The van der Waals surface area contributed by atoms with E-state index in [-0.39, 0.29) is 5.91 Å². The summed E-state index contributed by atoms with van der Waals surface area (Å²) in [4.78, 5) is 16.1. The molecule has 0 aliphatic rings. The van der Waals surface area contributed by atoms with Crippen molar-refractivity contribution < 1.29 is 9.53 Å². The maximum absolute atomic E-state index is 11.9. The van der Waals surface area contributed by atoms with Crippen LogP contribution in [-0.4, -0.2) is 17.5 Å². The number of benzene rings is 1. The number of carbonyl (C=O) groups is 1. The Labute approximate surface area is 135 Å². The Hall–Kier alpha value is -2.07. The number of ether oxygens (including phenoxy) is 1. The van der Waals surface area contributed by atoms with Crippen LogP contribution in [0.4, 0.5) is 0 Å². The van der Waals surface area contributed by atoms with Gasteiger partial charge < -0.3 is 10.1 Å². The van der Waals surface area contributed by atoms with Crippen LogP contribution in [0.15, 0.2) is 42.6 Å². The maximum atomic E-state index is 11.9. The van der Waals surface area contributed by atoms with Gasteiger partial charge in [0.25, 0.3) is 0 Å². The molecule has 0 atom stereocenters. The predicted octanol–water partition coefficient (Wildman–Crippen LogP) is 3.38. The maximum Gasteiger partial charge on any atom is 0.220 e. The molecule has 22 heavy (non-hydrogen) atoms. The van der Waals surface area contributed by atoms with E-state index < -0.39 is 0 Å². The van der Waals surface area contributed by atoms with Gasteiger partial charge >= 0.3 is 0 Å². The number of nitrogens with one attached hydrogen (secondary N) is 1. The fourth-order valence-electron chi connectivity index (χ4n) is 2.02. The zero-order valence-corrected chi connectivity index (χ0v) is 13.3. The molecule has 4 nitrogen and oxygen atoms in total. The summed E-state index contributed by atoms with van der Waals surface area (Å²) < 4.78 is 5.43. The van der Waals surface area contributed by atoms with Crippen LogP contribution in [0.2, 0.25) is 5.02 Å². The lowest BCUT2D eigenvalue weighted by molar-refractivity contribution is -0.121. The average Bonchev–Trinajstić information content (AvgIpc) is 2.54. The number of amides is 1. The number of rotatable bonds is 7. The summed E-state index contributed by atoms with van der Waals surface area (Å²) >= 11 is 5.84. The summed E-state index contributed by atoms with van der Waals surface area (Å²) in [6, 6.07) is 11.3. The first kappa shape index (κ1) is 16.3. The Kier molecular flexibility index (Phi) is 6.22. The number of aromatic nitrogens is 1. The molecular weight excluding hydrogens is 300 g/mol. The fourth-order valence-corrected chi connectivity index (χ4v) is 2.14. The zero-order valence-electron chi connectivity index (χ0n) is 12.5. The van der Waals surface area contributed by atoms with Gasteiger partial charge in [0, 0.05) is 29.7 Å². The highest BCUT2D eigenvalue weighted by atomic mass is 35.5. The van der Waals surface area contributed by atoms with Gasteiger partial charge in [0.15, 0.2) is 0 Å². The van der Waals surface area contributed by atoms with Crippen LogP contribution in [0.25, 0.3) is 0 Å². The first-order valence-corrected chi connectivity index (χ1v) is 7.64. The number of hydrogen-bond acceptors (Lipinski definition) is 3. The minimum absolute atomic E-state index is 0.00116. The third-order valence-corrected chi connectivity index (χ3v) is 3.41. The SMILES string of the molecule is CCOc1ncccc1CNC(=O)CCc1ccc(Cl)cc1. The summed E-state index contributed by atoms with van der Waals surface area (Å²) in [5.74, 6) is 0.573. The quantitative estimate of drug-likeness (QED) is 0.851. The second kappa shape index (κ2) is 8.39. The van der Waals surface area contributed by atoms with Gasteiger partial charge in [-0.15, -0.1) is 0 Å². The van der Waals surface area contributed by atoms with Gasteiger partial charge in [0.2, 0.25) is 11.8 Å². The monoisotopic (exact) mass is 318 g/mol. The topological polar surface area (TPSA) is 51.2 Å². The second-order valence-corrected chi connectivity index (χ2v) is 5.24. The summed E-state index contributed by atoms with van der Waals surface area (Å²) in [5.41, 5.74) is 1.97. The number of halogens is 1. The van der Waals surface area contributed by atoms with E-state index in [0.717, 1.165) is 11.1 Å². The number of carbonyl (C=O) groups excluding carboxylic acids is 1. The van der Waals surface area contributed by atoms with E-state index >= 15 is 0 Å². The van der Waals surface area contributed by atoms with Crippen molar-refractivity contribution in [1.29, 1.82) is 0 Å². The van der Waals surface area contributed by atoms with E-state index in [1.807, 2.05) is 43.3 Å². The third kappa shape index (κ3) is 5.04. The number of pyridine rings is 1. The zero-order chi connectivity index (χ0) is 15.8. The van der Waals surface area contributed by atoms with Crippen molar-refractivity contribution in [3.63, 3.8) is 0 Å². The Bertz CT molecular complexity index is 614. The van der Waals surface area contributed by atoms with Crippen molar-refractivity contribution >= 4 is 17.5 Å². The minimum atomic E-state index is 0.00116. The molecule has 1 amide bonds.